The summed E-state index contributed by atoms with van der Waals surface area (Å²) in [7, 11) is -3.60. The van der Waals surface area contributed by atoms with Gasteiger partial charge in [0.15, 0.2) is 5.13 Å². The fourth-order valence-electron chi connectivity index (χ4n) is 2.68. The highest BCUT2D eigenvalue weighted by atomic mass is 35.5. The second-order valence-electron chi connectivity index (χ2n) is 6.46. The van der Waals surface area contributed by atoms with Crippen molar-refractivity contribution in [3.05, 3.63) is 53.1 Å². The summed E-state index contributed by atoms with van der Waals surface area (Å²) in [6.07, 6.45) is 0. The number of benzene rings is 2. The van der Waals surface area contributed by atoms with Crippen molar-refractivity contribution in [1.29, 1.82) is 0 Å². The molecule has 1 N–H and O–H groups in total. The first-order valence-corrected chi connectivity index (χ1v) is 11.4. The van der Waals surface area contributed by atoms with E-state index in [2.05, 4.69) is 9.71 Å². The molecule has 2 aromatic carbocycles. The molecule has 0 bridgehead atoms. The lowest BCUT2D eigenvalue weighted by atomic mass is 10.2. The minimum absolute atomic E-state index is 0.121. The van der Waals surface area contributed by atoms with E-state index in [9.17, 15) is 13.2 Å². The first-order chi connectivity index (χ1) is 13.2. The minimum Gasteiger partial charge on any atom is -0.284 e. The Labute approximate surface area is 173 Å². The molecule has 9 heteroatoms. The Morgan fingerprint density at radius 1 is 1.21 bits per heavy atom. The van der Waals surface area contributed by atoms with Gasteiger partial charge >= 0.3 is 0 Å². The van der Waals surface area contributed by atoms with Crippen molar-refractivity contribution in [3.63, 3.8) is 0 Å². The predicted octanol–water partition coefficient (Wildman–Crippen LogP) is 4.30. The van der Waals surface area contributed by atoms with Crippen LogP contribution in [0.4, 0.5) is 5.13 Å². The third-order valence-corrected chi connectivity index (χ3v) is 6.90. The molecule has 0 radical (unpaired) electrons. The SMILES string of the molecule is CCN(C(=O)c1ccc(S(=O)(=O)NC(C)C)cc1)c1nc2cc(Cl)ccc2s1. The van der Waals surface area contributed by atoms with Crippen molar-refractivity contribution in [3.8, 4) is 0 Å². The van der Waals surface area contributed by atoms with Crippen molar-refractivity contribution >= 4 is 54.2 Å². The first-order valence-electron chi connectivity index (χ1n) is 8.71. The number of hydrogen-bond acceptors (Lipinski definition) is 5. The van der Waals surface area contributed by atoms with Gasteiger partial charge < -0.3 is 0 Å². The Kier molecular flexibility index (Phi) is 6.04. The average molecular weight is 438 g/mol. The van der Waals surface area contributed by atoms with Crippen molar-refractivity contribution < 1.29 is 13.2 Å². The lowest BCUT2D eigenvalue weighted by Gasteiger charge is -2.18. The largest absolute Gasteiger partial charge is 0.284 e. The number of rotatable bonds is 6. The summed E-state index contributed by atoms with van der Waals surface area (Å²) in [5.41, 5.74) is 1.13. The second-order valence-corrected chi connectivity index (χ2v) is 9.62. The van der Waals surface area contributed by atoms with Gasteiger partial charge in [-0.3, -0.25) is 9.69 Å². The number of carbonyl (C=O) groups is 1. The van der Waals surface area contributed by atoms with E-state index in [0.29, 0.717) is 22.3 Å². The topological polar surface area (TPSA) is 79.4 Å². The Hall–Kier alpha value is -2.00. The van der Waals surface area contributed by atoms with Crippen LogP contribution in [0.15, 0.2) is 47.4 Å². The number of aromatic nitrogens is 1. The quantitative estimate of drug-likeness (QED) is 0.623. The van der Waals surface area contributed by atoms with Gasteiger partial charge in [0.2, 0.25) is 10.0 Å². The summed E-state index contributed by atoms with van der Waals surface area (Å²) < 4.78 is 27.9. The molecule has 0 atom stereocenters. The van der Waals surface area contributed by atoms with Crippen LogP contribution in [0.2, 0.25) is 5.02 Å². The zero-order valence-corrected chi connectivity index (χ0v) is 18.0. The van der Waals surface area contributed by atoms with Crippen LogP contribution >= 0.6 is 22.9 Å². The molecule has 1 aromatic heterocycles. The maximum absolute atomic E-state index is 13.0. The molecular formula is C19H20ClN3O3S2. The molecule has 1 amide bonds. The molecule has 0 saturated heterocycles. The zero-order valence-electron chi connectivity index (χ0n) is 15.6. The van der Waals surface area contributed by atoms with Gasteiger partial charge in [0, 0.05) is 23.2 Å². The van der Waals surface area contributed by atoms with Crippen molar-refractivity contribution in [1.82, 2.24) is 9.71 Å². The molecule has 0 aliphatic carbocycles. The van der Waals surface area contributed by atoms with Gasteiger partial charge in [-0.25, -0.2) is 18.1 Å². The van der Waals surface area contributed by atoms with E-state index in [-0.39, 0.29) is 16.8 Å². The number of nitrogens with zero attached hydrogens (tertiary/aromatic N) is 2. The number of fused-ring (bicyclic) bond motifs is 1. The highest BCUT2D eigenvalue weighted by Crippen LogP contribution is 2.31. The monoisotopic (exact) mass is 437 g/mol. The molecule has 6 nitrogen and oxygen atoms in total. The normalized spacial score (nSPS) is 11.9. The highest BCUT2D eigenvalue weighted by molar-refractivity contribution is 7.89. The van der Waals surface area contributed by atoms with Gasteiger partial charge in [0.25, 0.3) is 5.91 Å². The second kappa shape index (κ2) is 8.16. The Bertz CT molecular complexity index is 1110. The maximum atomic E-state index is 13.0. The molecule has 28 heavy (non-hydrogen) atoms. The predicted molar refractivity (Wildman–Crippen MR) is 114 cm³/mol. The van der Waals surface area contributed by atoms with E-state index >= 15 is 0 Å². The van der Waals surface area contributed by atoms with E-state index < -0.39 is 10.0 Å². The molecule has 3 aromatic rings. The molecule has 1 heterocycles. The zero-order chi connectivity index (χ0) is 20.5. The van der Waals surface area contributed by atoms with Crippen LogP contribution in [-0.4, -0.2) is 31.9 Å². The van der Waals surface area contributed by atoms with E-state index in [1.807, 2.05) is 13.0 Å². The lowest BCUT2D eigenvalue weighted by molar-refractivity contribution is 0.0988. The summed E-state index contributed by atoms with van der Waals surface area (Å²) in [6.45, 7) is 5.79. The van der Waals surface area contributed by atoms with E-state index in [0.717, 1.165) is 10.2 Å². The van der Waals surface area contributed by atoms with Crippen LogP contribution in [0, 0.1) is 0 Å². The van der Waals surface area contributed by atoms with Crippen molar-refractivity contribution in [2.45, 2.75) is 31.7 Å². The molecule has 0 unspecified atom stereocenters. The molecule has 0 aliphatic heterocycles. The van der Waals surface area contributed by atoms with Gasteiger partial charge in [-0.05, 0) is 63.2 Å². The average Bonchev–Trinajstić information content (AvgIpc) is 3.04. The summed E-state index contributed by atoms with van der Waals surface area (Å²) >= 11 is 7.42. The number of carbonyl (C=O) groups excluding carboxylic acids is 1. The van der Waals surface area contributed by atoms with Gasteiger partial charge in [-0.1, -0.05) is 22.9 Å². The van der Waals surface area contributed by atoms with Crippen LogP contribution in [0.1, 0.15) is 31.1 Å². The third-order valence-electron chi connectivity index (χ3n) is 3.93. The number of sulfonamides is 1. The first kappa shape index (κ1) is 20.7. The number of nitrogens with one attached hydrogen (secondary N) is 1. The summed E-state index contributed by atoms with van der Waals surface area (Å²) in [4.78, 5) is 19.2. The van der Waals surface area contributed by atoms with Crippen LogP contribution in [0.25, 0.3) is 10.2 Å². The molecule has 148 valence electrons. The van der Waals surface area contributed by atoms with Crippen LogP contribution in [0.5, 0.6) is 0 Å². The van der Waals surface area contributed by atoms with Gasteiger partial charge in [0.05, 0.1) is 15.1 Å². The van der Waals surface area contributed by atoms with Gasteiger partial charge in [0.1, 0.15) is 0 Å². The van der Waals surface area contributed by atoms with Crippen LogP contribution in [0.3, 0.4) is 0 Å². The number of amides is 1. The molecule has 0 aliphatic rings. The van der Waals surface area contributed by atoms with Crippen molar-refractivity contribution in [2.24, 2.45) is 0 Å². The number of anilines is 1. The molecule has 3 rings (SSSR count). The summed E-state index contributed by atoms with van der Waals surface area (Å²) in [6, 6.07) is 11.1. The van der Waals surface area contributed by atoms with Gasteiger partial charge in [-0.2, -0.15) is 0 Å². The van der Waals surface area contributed by atoms with E-state index in [1.54, 1.807) is 30.9 Å². The molecule has 0 saturated carbocycles. The lowest BCUT2D eigenvalue weighted by Crippen LogP contribution is -2.31. The van der Waals surface area contributed by atoms with Crippen LogP contribution < -0.4 is 9.62 Å². The number of halogens is 1. The Morgan fingerprint density at radius 2 is 1.89 bits per heavy atom. The number of thiazole rings is 1. The van der Waals surface area contributed by atoms with E-state index in [1.165, 1.54) is 35.6 Å². The molecule has 0 fully saturated rings. The Morgan fingerprint density at radius 3 is 2.50 bits per heavy atom. The minimum atomic E-state index is -3.60. The highest BCUT2D eigenvalue weighted by Gasteiger charge is 2.21. The van der Waals surface area contributed by atoms with Crippen LogP contribution in [-0.2, 0) is 10.0 Å². The molecule has 0 spiro atoms. The fourth-order valence-corrected chi connectivity index (χ4v) is 5.11. The smallest absolute Gasteiger partial charge is 0.260 e. The fraction of sp³-hybridized carbons (Fsp3) is 0.263. The molecular weight excluding hydrogens is 418 g/mol. The van der Waals surface area contributed by atoms with Gasteiger partial charge in [-0.15, -0.1) is 0 Å². The standard InChI is InChI=1S/C19H20ClN3O3S2/c1-4-23(19-21-16-11-14(20)7-10-17(16)27-19)18(24)13-5-8-15(9-6-13)28(25,26)22-12(2)3/h5-12,22H,4H2,1-3H3. The third kappa shape index (κ3) is 4.35. The maximum Gasteiger partial charge on any atom is 0.260 e. The summed E-state index contributed by atoms with van der Waals surface area (Å²) in [5, 5.41) is 1.16. The van der Waals surface area contributed by atoms with E-state index in [4.69, 9.17) is 11.6 Å². The Balaban J connectivity index is 1.88. The number of hydrogen-bond donors (Lipinski definition) is 1. The van der Waals surface area contributed by atoms with Crippen molar-refractivity contribution in [2.75, 3.05) is 11.4 Å². The summed E-state index contributed by atoms with van der Waals surface area (Å²) in [5.74, 6) is -0.242.